The van der Waals surface area contributed by atoms with Gasteiger partial charge in [0.2, 0.25) is 5.91 Å². The van der Waals surface area contributed by atoms with Crippen molar-refractivity contribution in [3.8, 4) is 5.75 Å². The van der Waals surface area contributed by atoms with Gasteiger partial charge in [0.25, 0.3) is 0 Å². The molecule has 0 radical (unpaired) electrons. The Balaban J connectivity index is 1.72. The van der Waals surface area contributed by atoms with Gasteiger partial charge in [-0.15, -0.1) is 0 Å². The molecular formula is C15H17Cl2NO4. The molecule has 0 heterocycles. The molecule has 1 amide bonds. The first kappa shape index (κ1) is 16.9. The Morgan fingerprint density at radius 2 is 2.00 bits per heavy atom. The highest BCUT2D eigenvalue weighted by molar-refractivity contribution is 6.42. The summed E-state index contributed by atoms with van der Waals surface area (Å²) in [5, 5.41) is 12.4. The molecule has 0 aromatic heterocycles. The van der Waals surface area contributed by atoms with Crippen molar-refractivity contribution in [3.63, 3.8) is 0 Å². The maximum Gasteiger partial charge on any atom is 0.306 e. The van der Waals surface area contributed by atoms with Crippen LogP contribution in [-0.4, -0.2) is 30.1 Å². The number of hydrogen-bond donors (Lipinski definition) is 2. The topological polar surface area (TPSA) is 75.6 Å². The number of amides is 1. The van der Waals surface area contributed by atoms with Crippen molar-refractivity contribution in [1.82, 2.24) is 5.32 Å². The van der Waals surface area contributed by atoms with E-state index in [-0.39, 0.29) is 18.4 Å². The molecule has 2 rings (SSSR count). The van der Waals surface area contributed by atoms with E-state index in [2.05, 4.69) is 5.32 Å². The van der Waals surface area contributed by atoms with Crippen LogP contribution in [0.2, 0.25) is 10.0 Å². The van der Waals surface area contributed by atoms with E-state index in [1.165, 1.54) is 0 Å². The minimum atomic E-state index is -0.825. The zero-order valence-corrected chi connectivity index (χ0v) is 13.4. The second-order valence-corrected chi connectivity index (χ2v) is 6.02. The van der Waals surface area contributed by atoms with E-state index < -0.39 is 11.9 Å². The number of rotatable bonds is 6. The van der Waals surface area contributed by atoms with Gasteiger partial charge in [-0.25, -0.2) is 0 Å². The molecule has 5 nitrogen and oxygen atoms in total. The van der Waals surface area contributed by atoms with Gasteiger partial charge >= 0.3 is 5.97 Å². The fraction of sp³-hybridized carbons (Fsp3) is 0.467. The van der Waals surface area contributed by atoms with E-state index in [9.17, 15) is 9.59 Å². The smallest absolute Gasteiger partial charge is 0.306 e. The molecule has 0 spiro atoms. The molecule has 22 heavy (non-hydrogen) atoms. The highest BCUT2D eigenvalue weighted by Gasteiger charge is 2.33. The summed E-state index contributed by atoms with van der Waals surface area (Å²) in [5.41, 5.74) is 0. The van der Waals surface area contributed by atoms with Gasteiger partial charge in [0.1, 0.15) is 17.4 Å². The molecule has 1 aromatic rings. The van der Waals surface area contributed by atoms with Gasteiger partial charge in [-0.3, -0.25) is 9.59 Å². The quantitative estimate of drug-likeness (QED) is 0.777. The molecule has 0 unspecified atom stereocenters. The fourth-order valence-electron chi connectivity index (χ4n) is 2.52. The average Bonchev–Trinajstić information content (AvgIpc) is 2.97. The summed E-state index contributed by atoms with van der Waals surface area (Å²) in [7, 11) is 0. The van der Waals surface area contributed by atoms with E-state index >= 15 is 0 Å². The van der Waals surface area contributed by atoms with Gasteiger partial charge in [0.15, 0.2) is 0 Å². The largest absolute Gasteiger partial charge is 0.490 e. The standard InChI is InChI=1S/C15H17Cl2NO4/c16-11-2-1-3-12(13(11)17)22-7-6-18-14(19)9-4-5-10(8-9)15(20)21/h1-3,9-10H,4-8H2,(H,18,19)(H,20,21)/t9-,10+/m0/s1. The van der Waals surface area contributed by atoms with Crippen LogP contribution in [-0.2, 0) is 9.59 Å². The molecular weight excluding hydrogens is 329 g/mol. The van der Waals surface area contributed by atoms with Crippen LogP contribution in [0, 0.1) is 11.8 Å². The van der Waals surface area contributed by atoms with Crippen LogP contribution in [0.4, 0.5) is 0 Å². The summed E-state index contributed by atoms with van der Waals surface area (Å²) < 4.78 is 5.46. The number of nitrogens with one attached hydrogen (secondary N) is 1. The molecule has 0 aliphatic heterocycles. The van der Waals surface area contributed by atoms with Crippen LogP contribution in [0.3, 0.4) is 0 Å². The zero-order chi connectivity index (χ0) is 16.1. The van der Waals surface area contributed by atoms with E-state index in [4.69, 9.17) is 33.0 Å². The first-order chi connectivity index (χ1) is 10.5. The molecule has 0 bridgehead atoms. The van der Waals surface area contributed by atoms with Crippen LogP contribution < -0.4 is 10.1 Å². The normalized spacial score (nSPS) is 20.6. The van der Waals surface area contributed by atoms with Gasteiger partial charge in [-0.1, -0.05) is 29.3 Å². The van der Waals surface area contributed by atoms with Crippen molar-refractivity contribution < 1.29 is 19.4 Å². The maximum atomic E-state index is 11.9. The fourth-order valence-corrected chi connectivity index (χ4v) is 2.87. The summed E-state index contributed by atoms with van der Waals surface area (Å²) in [6.07, 6.45) is 1.58. The molecule has 7 heteroatoms. The molecule has 2 N–H and O–H groups in total. The Morgan fingerprint density at radius 1 is 1.27 bits per heavy atom. The van der Waals surface area contributed by atoms with Gasteiger partial charge in [0, 0.05) is 5.92 Å². The molecule has 1 fully saturated rings. The lowest BCUT2D eigenvalue weighted by atomic mass is 10.0. The first-order valence-corrected chi connectivity index (χ1v) is 7.82. The Labute approximate surface area is 138 Å². The summed E-state index contributed by atoms with van der Waals surface area (Å²) in [6, 6.07) is 5.09. The van der Waals surface area contributed by atoms with E-state index in [1.807, 2.05) is 0 Å². The summed E-state index contributed by atoms with van der Waals surface area (Å²) >= 11 is 11.9. The van der Waals surface area contributed by atoms with Crippen LogP contribution >= 0.6 is 23.2 Å². The number of carboxylic acids is 1. The van der Waals surface area contributed by atoms with E-state index in [1.54, 1.807) is 18.2 Å². The SMILES string of the molecule is O=C(O)[C@@H]1CC[C@H](C(=O)NCCOc2cccc(Cl)c2Cl)C1. The zero-order valence-electron chi connectivity index (χ0n) is 11.9. The molecule has 1 aliphatic rings. The number of benzene rings is 1. The molecule has 120 valence electrons. The number of aliphatic carboxylic acids is 1. The van der Waals surface area contributed by atoms with Gasteiger partial charge in [-0.2, -0.15) is 0 Å². The van der Waals surface area contributed by atoms with Crippen LogP contribution in [0.1, 0.15) is 19.3 Å². The highest BCUT2D eigenvalue weighted by atomic mass is 35.5. The molecule has 0 saturated heterocycles. The van der Waals surface area contributed by atoms with Crippen LogP contribution in [0.5, 0.6) is 5.75 Å². The predicted molar refractivity (Wildman–Crippen MR) is 83.4 cm³/mol. The van der Waals surface area contributed by atoms with Crippen LogP contribution in [0.25, 0.3) is 0 Å². The number of hydrogen-bond acceptors (Lipinski definition) is 3. The number of carboxylic acid groups (broad SMARTS) is 1. The summed E-state index contributed by atoms with van der Waals surface area (Å²) in [6.45, 7) is 0.594. The number of halogens is 2. The average molecular weight is 346 g/mol. The summed E-state index contributed by atoms with van der Waals surface area (Å²) in [4.78, 5) is 22.8. The Bertz CT molecular complexity index is 564. The number of carbonyl (C=O) groups excluding carboxylic acids is 1. The van der Waals surface area contributed by atoms with E-state index in [0.717, 1.165) is 0 Å². The number of carbonyl (C=O) groups is 2. The van der Waals surface area contributed by atoms with Gasteiger partial charge < -0.3 is 15.2 Å². The van der Waals surface area contributed by atoms with Crippen molar-refractivity contribution in [1.29, 1.82) is 0 Å². The predicted octanol–water partition coefficient (Wildman–Crippen LogP) is 2.99. The monoisotopic (exact) mass is 345 g/mol. The van der Waals surface area contributed by atoms with E-state index in [0.29, 0.717) is 41.6 Å². The number of ether oxygens (including phenoxy) is 1. The third-order valence-electron chi connectivity index (χ3n) is 3.73. The first-order valence-electron chi connectivity index (χ1n) is 7.06. The van der Waals surface area contributed by atoms with Gasteiger partial charge in [-0.05, 0) is 31.4 Å². The van der Waals surface area contributed by atoms with Crippen molar-refractivity contribution in [2.75, 3.05) is 13.2 Å². The third kappa shape index (κ3) is 4.27. The third-order valence-corrected chi connectivity index (χ3v) is 4.53. The minimum Gasteiger partial charge on any atom is -0.490 e. The van der Waals surface area contributed by atoms with Crippen molar-refractivity contribution in [2.45, 2.75) is 19.3 Å². The van der Waals surface area contributed by atoms with Crippen molar-refractivity contribution in [3.05, 3.63) is 28.2 Å². The second kappa shape index (κ2) is 7.70. The lowest BCUT2D eigenvalue weighted by molar-refractivity contribution is -0.141. The Hall–Kier alpha value is -1.46. The molecule has 1 saturated carbocycles. The maximum absolute atomic E-state index is 11.9. The van der Waals surface area contributed by atoms with Gasteiger partial charge in [0.05, 0.1) is 17.5 Å². The lowest BCUT2D eigenvalue weighted by Gasteiger charge is -2.12. The molecule has 1 aliphatic carbocycles. The van der Waals surface area contributed by atoms with Crippen molar-refractivity contribution >= 4 is 35.1 Å². The Morgan fingerprint density at radius 3 is 2.68 bits per heavy atom. The summed E-state index contributed by atoms with van der Waals surface area (Å²) in [5.74, 6) is -1.11. The second-order valence-electron chi connectivity index (χ2n) is 5.24. The highest BCUT2D eigenvalue weighted by Crippen LogP contribution is 2.32. The lowest BCUT2D eigenvalue weighted by Crippen LogP contribution is -2.33. The van der Waals surface area contributed by atoms with Crippen LogP contribution in [0.15, 0.2) is 18.2 Å². The molecule has 2 atom stereocenters. The Kier molecular flexibility index (Phi) is 5.91. The van der Waals surface area contributed by atoms with Crippen molar-refractivity contribution in [2.24, 2.45) is 11.8 Å². The molecule has 1 aromatic carbocycles. The minimum absolute atomic E-state index is 0.121.